The molecule has 0 radical (unpaired) electrons. The number of nitrogens with zero attached hydrogens (tertiary/aromatic N) is 3. The summed E-state index contributed by atoms with van der Waals surface area (Å²) in [6.45, 7) is -0.661. The second kappa shape index (κ2) is 13.8. The summed E-state index contributed by atoms with van der Waals surface area (Å²) in [4.78, 5) is 57.7. The topological polar surface area (TPSA) is 133 Å². The number of carbonyl (C=O) groups excluding carboxylic acids is 3. The highest BCUT2D eigenvalue weighted by Gasteiger charge is 2.25. The first kappa shape index (κ1) is 28.9. The number of carboxylic acids is 1. The van der Waals surface area contributed by atoms with Crippen LogP contribution < -0.4 is 15.5 Å². The molecule has 0 heterocycles. The highest BCUT2D eigenvalue weighted by Crippen LogP contribution is 2.27. The summed E-state index contributed by atoms with van der Waals surface area (Å²) in [5.41, 5.74) is 6.21. The predicted octanol–water partition coefficient (Wildman–Crippen LogP) is 4.32. The maximum Gasteiger partial charge on any atom is 0.335 e. The van der Waals surface area contributed by atoms with Crippen LogP contribution in [0, 0.1) is 5.92 Å². The van der Waals surface area contributed by atoms with Crippen LogP contribution in [0.2, 0.25) is 5.02 Å². The van der Waals surface area contributed by atoms with Gasteiger partial charge in [-0.05, 0) is 48.7 Å². The number of urea groups is 1. The zero-order valence-electron chi connectivity index (χ0n) is 21.3. The van der Waals surface area contributed by atoms with Crippen LogP contribution in [0.4, 0.5) is 16.2 Å². The number of carbonyl (C=O) groups is 4. The molecule has 3 rings (SSSR count). The summed E-state index contributed by atoms with van der Waals surface area (Å²) in [6.07, 6.45) is 6.29. The fraction of sp³-hybridized carbons (Fsp3) is 0.407. The summed E-state index contributed by atoms with van der Waals surface area (Å²) in [5, 5.41) is 10.9. The van der Waals surface area contributed by atoms with Gasteiger partial charge in [-0.15, -0.1) is 0 Å². The van der Waals surface area contributed by atoms with Crippen molar-refractivity contribution in [2.24, 2.45) is 11.7 Å². The minimum atomic E-state index is -1.18. The molecule has 11 heteroatoms. The number of carboxylic acid groups (broad SMARTS) is 1. The summed E-state index contributed by atoms with van der Waals surface area (Å²) >= 11 is 6.03. The van der Waals surface area contributed by atoms with Gasteiger partial charge in [0.15, 0.2) is 6.61 Å². The maximum absolute atomic E-state index is 13.3. The number of nitrogens with two attached hydrogens (primary N) is 1. The predicted molar refractivity (Wildman–Crippen MR) is 144 cm³/mol. The molecule has 38 heavy (non-hydrogen) atoms. The Bertz CT molecular complexity index is 1150. The molecule has 1 aliphatic carbocycles. The summed E-state index contributed by atoms with van der Waals surface area (Å²) in [5.74, 6) is -1.73. The van der Waals surface area contributed by atoms with Crippen LogP contribution in [0.25, 0.3) is 0 Å². The van der Waals surface area contributed by atoms with Crippen LogP contribution in [0.15, 0.2) is 48.5 Å². The number of rotatable bonds is 11. The molecule has 0 atom stereocenters. The minimum absolute atomic E-state index is 0.0544. The van der Waals surface area contributed by atoms with Crippen LogP contribution in [0.3, 0.4) is 0 Å². The summed E-state index contributed by atoms with van der Waals surface area (Å²) in [7, 11) is 1.58. The molecule has 0 bridgehead atoms. The van der Waals surface area contributed by atoms with Crippen molar-refractivity contribution in [3.05, 3.63) is 59.1 Å². The average Bonchev–Trinajstić information content (AvgIpc) is 2.91. The second-order valence-corrected chi connectivity index (χ2v) is 9.71. The number of likely N-dealkylation sites (N-methyl/N-ethyl adjacent to an activating group) is 1. The molecule has 0 saturated heterocycles. The number of primary amides is 1. The molecular formula is C27H33ClN4O6. The maximum atomic E-state index is 13.3. The molecule has 0 spiro atoms. The minimum Gasteiger partial charge on any atom is -0.478 e. The van der Waals surface area contributed by atoms with E-state index in [9.17, 15) is 24.3 Å². The van der Waals surface area contributed by atoms with Crippen LogP contribution >= 0.6 is 11.6 Å². The number of halogens is 1. The molecule has 2 aromatic carbocycles. The number of hydrogen-bond acceptors (Lipinski definition) is 5. The Morgan fingerprint density at radius 3 is 2.34 bits per heavy atom. The van der Waals surface area contributed by atoms with E-state index in [1.54, 1.807) is 31.3 Å². The first-order valence-corrected chi connectivity index (χ1v) is 12.9. The highest BCUT2D eigenvalue weighted by atomic mass is 35.5. The molecule has 10 nitrogen and oxygen atoms in total. The van der Waals surface area contributed by atoms with E-state index in [0.29, 0.717) is 23.0 Å². The highest BCUT2D eigenvalue weighted by molar-refractivity contribution is 6.30. The zero-order valence-corrected chi connectivity index (χ0v) is 22.1. The molecular weight excluding hydrogens is 512 g/mol. The molecule has 3 N–H and O–H groups in total. The first-order chi connectivity index (χ1) is 18.2. The monoisotopic (exact) mass is 544 g/mol. The van der Waals surface area contributed by atoms with Crippen molar-refractivity contribution >= 4 is 46.8 Å². The van der Waals surface area contributed by atoms with E-state index < -0.39 is 37.0 Å². The van der Waals surface area contributed by atoms with E-state index in [-0.39, 0.29) is 17.8 Å². The van der Waals surface area contributed by atoms with Gasteiger partial charge >= 0.3 is 12.0 Å². The number of anilines is 2. The van der Waals surface area contributed by atoms with Crippen molar-refractivity contribution in [3.8, 4) is 0 Å². The van der Waals surface area contributed by atoms with E-state index in [2.05, 4.69) is 0 Å². The van der Waals surface area contributed by atoms with E-state index >= 15 is 0 Å². The lowest BCUT2D eigenvalue weighted by Crippen LogP contribution is -2.46. The van der Waals surface area contributed by atoms with Crippen molar-refractivity contribution in [2.45, 2.75) is 38.5 Å². The number of amides is 4. The van der Waals surface area contributed by atoms with Crippen molar-refractivity contribution < 1.29 is 29.1 Å². The van der Waals surface area contributed by atoms with E-state index in [4.69, 9.17) is 22.2 Å². The van der Waals surface area contributed by atoms with Gasteiger partial charge in [0.1, 0.15) is 6.54 Å². The lowest BCUT2D eigenvalue weighted by atomic mass is 9.87. The standard InChI is InChI=1S/C27H33ClN4O6/c1-30(22-11-6-10-21(28)16-22)25(34)18-38-32(14-13-19-7-3-2-4-8-19)24(33)17-31(27(29)37)23-12-5-9-20(15-23)26(35)36/h5-6,9-12,15-16,19H,2-4,7-8,13-14,17-18H2,1H3,(H2,29,37)(H,35,36). The molecule has 0 aliphatic heterocycles. The number of aromatic carboxylic acids is 1. The van der Waals surface area contributed by atoms with Gasteiger partial charge in [-0.1, -0.05) is 55.8 Å². The van der Waals surface area contributed by atoms with Gasteiger partial charge in [0, 0.05) is 30.0 Å². The molecule has 0 unspecified atom stereocenters. The van der Waals surface area contributed by atoms with E-state index in [1.165, 1.54) is 35.6 Å². The van der Waals surface area contributed by atoms with Gasteiger partial charge in [-0.25, -0.2) is 14.7 Å². The van der Waals surface area contributed by atoms with Crippen LogP contribution in [-0.4, -0.2) is 60.7 Å². The van der Waals surface area contributed by atoms with Crippen LogP contribution in [0.1, 0.15) is 48.9 Å². The third-order valence-corrected chi connectivity index (χ3v) is 6.86. The third kappa shape index (κ3) is 8.19. The molecule has 2 aromatic rings. The molecule has 1 saturated carbocycles. The van der Waals surface area contributed by atoms with Gasteiger partial charge in [0.25, 0.3) is 11.8 Å². The summed E-state index contributed by atoms with van der Waals surface area (Å²) in [6, 6.07) is 11.4. The van der Waals surface area contributed by atoms with Gasteiger partial charge in [-0.3, -0.25) is 19.3 Å². The Hall–Kier alpha value is -3.63. The zero-order chi connectivity index (χ0) is 27.7. The Kier molecular flexibility index (Phi) is 10.5. The number of hydrogen-bond donors (Lipinski definition) is 2. The molecule has 204 valence electrons. The Labute approximate surface area is 226 Å². The van der Waals surface area contributed by atoms with E-state index in [1.807, 2.05) is 0 Å². The van der Waals surface area contributed by atoms with Gasteiger partial charge in [-0.2, -0.15) is 0 Å². The first-order valence-electron chi connectivity index (χ1n) is 12.5. The quantitative estimate of drug-likeness (QED) is 0.405. The molecule has 1 aliphatic rings. The Morgan fingerprint density at radius 2 is 1.68 bits per heavy atom. The van der Waals surface area contributed by atoms with Crippen molar-refractivity contribution in [2.75, 3.05) is 36.5 Å². The van der Waals surface area contributed by atoms with Gasteiger partial charge < -0.3 is 15.7 Å². The summed E-state index contributed by atoms with van der Waals surface area (Å²) < 4.78 is 0. The van der Waals surface area contributed by atoms with Crippen molar-refractivity contribution in [1.29, 1.82) is 0 Å². The van der Waals surface area contributed by atoms with E-state index in [0.717, 1.165) is 35.6 Å². The van der Waals surface area contributed by atoms with Gasteiger partial charge in [0.05, 0.1) is 5.56 Å². The largest absolute Gasteiger partial charge is 0.478 e. The average molecular weight is 545 g/mol. The van der Waals surface area contributed by atoms with Crippen molar-refractivity contribution in [3.63, 3.8) is 0 Å². The molecule has 0 aromatic heterocycles. The lowest BCUT2D eigenvalue weighted by molar-refractivity contribution is -0.187. The number of hydroxylamine groups is 2. The Balaban J connectivity index is 1.73. The lowest BCUT2D eigenvalue weighted by Gasteiger charge is -2.29. The second-order valence-electron chi connectivity index (χ2n) is 9.27. The molecule has 1 fully saturated rings. The van der Waals surface area contributed by atoms with Crippen molar-refractivity contribution in [1.82, 2.24) is 5.06 Å². The normalized spacial score (nSPS) is 13.5. The Morgan fingerprint density at radius 1 is 1.00 bits per heavy atom. The fourth-order valence-corrected chi connectivity index (χ4v) is 4.60. The smallest absolute Gasteiger partial charge is 0.335 e. The van der Waals surface area contributed by atoms with Gasteiger partial charge in [0.2, 0.25) is 0 Å². The SMILES string of the molecule is CN(C(=O)CON(CCC1CCCCC1)C(=O)CN(C(N)=O)c1cccc(C(=O)O)c1)c1cccc(Cl)c1. The number of benzene rings is 2. The fourth-order valence-electron chi connectivity index (χ4n) is 4.41. The van der Waals surface area contributed by atoms with Crippen LogP contribution in [0.5, 0.6) is 0 Å². The molecule has 4 amide bonds. The third-order valence-electron chi connectivity index (χ3n) is 6.62. The van der Waals surface area contributed by atoms with Crippen LogP contribution in [-0.2, 0) is 14.4 Å².